The third-order valence-electron chi connectivity index (χ3n) is 3.77. The number of ether oxygens (including phenoxy) is 2. The van der Waals surface area contributed by atoms with Crippen LogP contribution in [0.3, 0.4) is 0 Å². The van der Waals surface area contributed by atoms with Gasteiger partial charge >= 0.3 is 0 Å². The largest absolute Gasteiger partial charge is 0.496 e. The maximum atomic E-state index is 5.65. The predicted molar refractivity (Wildman–Crippen MR) is 85.1 cm³/mol. The Kier molecular flexibility index (Phi) is 4.86. The molecule has 1 aliphatic heterocycles. The van der Waals surface area contributed by atoms with Crippen molar-refractivity contribution in [1.29, 1.82) is 0 Å². The molecule has 4 heteroatoms. The monoisotopic (exact) mass is 295 g/mol. The number of thioether (sulfide) groups is 1. The first kappa shape index (κ1) is 15.5. The first-order valence-electron chi connectivity index (χ1n) is 7.18. The second-order valence-corrected chi connectivity index (χ2v) is 7.38. The van der Waals surface area contributed by atoms with E-state index in [9.17, 15) is 0 Å². The zero-order valence-corrected chi connectivity index (χ0v) is 13.9. The SMILES string of the molecule is COc1cc(SC(C)C)cc(OC)c1C1(C)CCCN1. The molecule has 112 valence electrons. The molecule has 1 aromatic rings. The van der Waals surface area contributed by atoms with Crippen molar-refractivity contribution in [1.82, 2.24) is 5.32 Å². The number of benzene rings is 1. The Bertz CT molecular complexity index is 443. The van der Waals surface area contributed by atoms with Crippen LogP contribution in [-0.4, -0.2) is 26.0 Å². The topological polar surface area (TPSA) is 30.5 Å². The molecule has 0 aromatic heterocycles. The highest BCUT2D eigenvalue weighted by Crippen LogP contribution is 2.44. The van der Waals surface area contributed by atoms with Gasteiger partial charge in [-0.15, -0.1) is 11.8 Å². The van der Waals surface area contributed by atoms with E-state index >= 15 is 0 Å². The van der Waals surface area contributed by atoms with E-state index in [0.29, 0.717) is 5.25 Å². The van der Waals surface area contributed by atoms with Crippen LogP contribution in [0.15, 0.2) is 17.0 Å². The van der Waals surface area contributed by atoms with Crippen LogP contribution in [0.2, 0.25) is 0 Å². The lowest BCUT2D eigenvalue weighted by Crippen LogP contribution is -2.34. The van der Waals surface area contributed by atoms with Crippen LogP contribution >= 0.6 is 11.8 Å². The van der Waals surface area contributed by atoms with E-state index in [1.54, 1.807) is 14.2 Å². The maximum absolute atomic E-state index is 5.65. The van der Waals surface area contributed by atoms with Crippen LogP contribution < -0.4 is 14.8 Å². The van der Waals surface area contributed by atoms with Gasteiger partial charge in [0.2, 0.25) is 0 Å². The highest BCUT2D eigenvalue weighted by molar-refractivity contribution is 7.99. The second kappa shape index (κ2) is 6.27. The highest BCUT2D eigenvalue weighted by atomic mass is 32.2. The minimum atomic E-state index is -0.0578. The number of methoxy groups -OCH3 is 2. The van der Waals surface area contributed by atoms with Gasteiger partial charge in [0, 0.05) is 15.7 Å². The molecule has 0 saturated carbocycles. The predicted octanol–water partition coefficient (Wildman–Crippen LogP) is 3.80. The van der Waals surface area contributed by atoms with Gasteiger partial charge < -0.3 is 14.8 Å². The van der Waals surface area contributed by atoms with Crippen LogP contribution in [0.25, 0.3) is 0 Å². The Hall–Kier alpha value is -0.870. The van der Waals surface area contributed by atoms with Crippen molar-refractivity contribution >= 4 is 11.8 Å². The van der Waals surface area contributed by atoms with Crippen molar-refractivity contribution in [2.24, 2.45) is 0 Å². The smallest absolute Gasteiger partial charge is 0.128 e. The summed E-state index contributed by atoms with van der Waals surface area (Å²) < 4.78 is 11.3. The van der Waals surface area contributed by atoms with Gasteiger partial charge in [-0.1, -0.05) is 13.8 Å². The molecule has 1 atom stereocenters. The van der Waals surface area contributed by atoms with Crippen molar-refractivity contribution in [3.05, 3.63) is 17.7 Å². The quantitative estimate of drug-likeness (QED) is 0.837. The van der Waals surface area contributed by atoms with E-state index in [-0.39, 0.29) is 5.54 Å². The molecule has 0 aliphatic carbocycles. The molecule has 1 aliphatic rings. The summed E-state index contributed by atoms with van der Waals surface area (Å²) in [5, 5.41) is 4.13. The van der Waals surface area contributed by atoms with E-state index < -0.39 is 0 Å². The first-order valence-corrected chi connectivity index (χ1v) is 8.06. The molecule has 0 bridgehead atoms. The average Bonchev–Trinajstić information content (AvgIpc) is 2.84. The van der Waals surface area contributed by atoms with E-state index in [4.69, 9.17) is 9.47 Å². The molecule has 20 heavy (non-hydrogen) atoms. The minimum Gasteiger partial charge on any atom is -0.496 e. The van der Waals surface area contributed by atoms with E-state index in [2.05, 4.69) is 38.2 Å². The number of nitrogens with one attached hydrogen (secondary N) is 1. The Morgan fingerprint density at radius 2 is 1.80 bits per heavy atom. The molecular formula is C16H25NO2S. The lowest BCUT2D eigenvalue weighted by atomic mass is 9.89. The molecule has 1 saturated heterocycles. The summed E-state index contributed by atoms with van der Waals surface area (Å²) in [5.41, 5.74) is 1.09. The fourth-order valence-electron chi connectivity index (χ4n) is 2.88. The maximum Gasteiger partial charge on any atom is 0.128 e. The fourth-order valence-corrected chi connectivity index (χ4v) is 3.77. The molecule has 0 spiro atoms. The Morgan fingerprint density at radius 1 is 1.20 bits per heavy atom. The lowest BCUT2D eigenvalue weighted by molar-refractivity contribution is 0.339. The van der Waals surface area contributed by atoms with Crippen LogP contribution in [0.5, 0.6) is 11.5 Å². The highest BCUT2D eigenvalue weighted by Gasteiger charge is 2.36. The Labute approximate surface area is 126 Å². The van der Waals surface area contributed by atoms with E-state index in [1.165, 1.54) is 11.3 Å². The summed E-state index contributed by atoms with van der Waals surface area (Å²) in [4.78, 5) is 1.19. The van der Waals surface area contributed by atoms with Crippen LogP contribution in [-0.2, 0) is 5.54 Å². The molecule has 1 N–H and O–H groups in total. The van der Waals surface area contributed by atoms with Crippen molar-refractivity contribution in [3.63, 3.8) is 0 Å². The van der Waals surface area contributed by atoms with Gasteiger partial charge in [-0.3, -0.25) is 0 Å². The van der Waals surface area contributed by atoms with Gasteiger partial charge in [0.25, 0.3) is 0 Å². The van der Waals surface area contributed by atoms with Gasteiger partial charge in [-0.05, 0) is 38.4 Å². The summed E-state index contributed by atoms with van der Waals surface area (Å²) in [7, 11) is 3.47. The summed E-state index contributed by atoms with van der Waals surface area (Å²) in [6, 6.07) is 4.27. The molecule has 1 unspecified atom stereocenters. The number of rotatable bonds is 5. The third kappa shape index (κ3) is 3.07. The summed E-state index contributed by atoms with van der Waals surface area (Å²) in [6.07, 6.45) is 2.29. The molecule has 0 radical (unpaired) electrons. The molecule has 1 fully saturated rings. The number of hydrogen-bond acceptors (Lipinski definition) is 4. The van der Waals surface area contributed by atoms with Gasteiger partial charge in [0.15, 0.2) is 0 Å². The molecule has 1 aromatic carbocycles. The van der Waals surface area contributed by atoms with Crippen molar-refractivity contribution in [2.45, 2.75) is 49.3 Å². The van der Waals surface area contributed by atoms with Gasteiger partial charge in [-0.25, -0.2) is 0 Å². The van der Waals surface area contributed by atoms with Crippen LogP contribution in [0.1, 0.15) is 39.2 Å². The van der Waals surface area contributed by atoms with E-state index in [0.717, 1.165) is 30.0 Å². The zero-order valence-electron chi connectivity index (χ0n) is 13.1. The van der Waals surface area contributed by atoms with Crippen molar-refractivity contribution < 1.29 is 9.47 Å². The number of hydrogen-bond donors (Lipinski definition) is 1. The van der Waals surface area contributed by atoms with Crippen LogP contribution in [0, 0.1) is 0 Å². The summed E-state index contributed by atoms with van der Waals surface area (Å²) >= 11 is 1.83. The minimum absolute atomic E-state index is 0.0578. The Balaban J connectivity index is 2.49. The van der Waals surface area contributed by atoms with Gasteiger partial charge in [0.05, 0.1) is 19.8 Å². The molecule has 1 heterocycles. The molecular weight excluding hydrogens is 270 g/mol. The van der Waals surface area contributed by atoms with Gasteiger partial charge in [0.1, 0.15) is 11.5 Å². The molecule has 3 nitrogen and oxygen atoms in total. The van der Waals surface area contributed by atoms with Gasteiger partial charge in [-0.2, -0.15) is 0 Å². The zero-order chi connectivity index (χ0) is 14.8. The van der Waals surface area contributed by atoms with Crippen molar-refractivity contribution in [3.8, 4) is 11.5 Å². The van der Waals surface area contributed by atoms with E-state index in [1.807, 2.05) is 11.8 Å². The second-order valence-electron chi connectivity index (χ2n) is 5.73. The Morgan fingerprint density at radius 3 is 2.20 bits per heavy atom. The van der Waals surface area contributed by atoms with Crippen LogP contribution in [0.4, 0.5) is 0 Å². The average molecular weight is 295 g/mol. The summed E-state index contributed by atoms with van der Waals surface area (Å²) in [6.45, 7) is 7.66. The molecule has 2 rings (SSSR count). The normalized spacial score (nSPS) is 22.3. The first-order chi connectivity index (χ1) is 9.50. The lowest BCUT2D eigenvalue weighted by Gasteiger charge is -2.29. The fraction of sp³-hybridized carbons (Fsp3) is 0.625. The van der Waals surface area contributed by atoms with Crippen molar-refractivity contribution in [2.75, 3.05) is 20.8 Å². The standard InChI is InChI=1S/C16H25NO2S/c1-11(2)20-12-9-13(18-4)15(14(10-12)19-5)16(3)7-6-8-17-16/h9-11,17H,6-8H2,1-5H3. The summed E-state index contributed by atoms with van der Waals surface area (Å²) in [5.74, 6) is 1.84. The third-order valence-corrected chi connectivity index (χ3v) is 4.75. The molecule has 0 amide bonds.